The first-order valence-corrected chi connectivity index (χ1v) is 13.4. The summed E-state index contributed by atoms with van der Waals surface area (Å²) < 4.78 is 13.4. The van der Waals surface area contributed by atoms with Gasteiger partial charge in [0.1, 0.15) is 6.10 Å². The van der Waals surface area contributed by atoms with E-state index in [1.807, 2.05) is 19.1 Å². The molecule has 1 aliphatic rings. The topological polar surface area (TPSA) is 152 Å². The van der Waals surface area contributed by atoms with Crippen LogP contribution in [0.2, 0.25) is 0 Å². The number of benzene rings is 2. The molecule has 2 aromatic carbocycles. The third-order valence-electron chi connectivity index (χ3n) is 6.95. The summed E-state index contributed by atoms with van der Waals surface area (Å²) in [5, 5.41) is 23.5. The van der Waals surface area contributed by atoms with Crippen LogP contribution in [0.5, 0.6) is 5.88 Å². The first-order chi connectivity index (χ1) is 19.8. The van der Waals surface area contributed by atoms with Gasteiger partial charge in [-0.2, -0.15) is 9.97 Å². The number of hydrogen-bond acceptors (Lipinski definition) is 9. The molecule has 1 aliphatic heterocycles. The van der Waals surface area contributed by atoms with Gasteiger partial charge in [-0.25, -0.2) is 14.7 Å². The Morgan fingerprint density at radius 2 is 1.71 bits per heavy atom. The monoisotopic (exact) mass is 560 g/mol. The summed E-state index contributed by atoms with van der Waals surface area (Å²) in [7, 11) is 0. The fourth-order valence-electron chi connectivity index (χ4n) is 4.75. The van der Waals surface area contributed by atoms with E-state index in [9.17, 15) is 19.8 Å². The maximum atomic E-state index is 13.7. The van der Waals surface area contributed by atoms with E-state index in [4.69, 9.17) is 9.47 Å². The van der Waals surface area contributed by atoms with Crippen LogP contribution in [-0.2, 0) is 9.53 Å². The van der Waals surface area contributed by atoms with Crippen LogP contribution in [0.1, 0.15) is 33.4 Å². The van der Waals surface area contributed by atoms with Crippen molar-refractivity contribution in [1.82, 2.24) is 19.5 Å². The maximum Gasteiger partial charge on any atom is 0.425 e. The Kier molecular flexibility index (Phi) is 8.24. The van der Waals surface area contributed by atoms with Gasteiger partial charge < -0.3 is 19.7 Å². The molecule has 3 N–H and O–H groups in total. The molecule has 3 heterocycles. The van der Waals surface area contributed by atoms with Gasteiger partial charge in [0.15, 0.2) is 17.4 Å². The highest BCUT2D eigenvalue weighted by molar-refractivity contribution is 5.98. The molecule has 12 nitrogen and oxygen atoms in total. The zero-order valence-electron chi connectivity index (χ0n) is 22.9. The van der Waals surface area contributed by atoms with Crippen LogP contribution < -0.4 is 15.0 Å². The molecule has 2 aromatic heterocycles. The standard InChI is InChI=1S/C29H32N6O6/c1-4-21-20(15-36)23(37)27(40-21)34-16-30-22-24(34)31-28(32-25(38)17(2)3)33-26(22)41-29(39)35(18-11-7-5-8-12-18)19-13-9-6-10-14-19/h5-14,16-17,20-21,23,27,36-37H,4,15H2,1-3H3,(H,31,32,33,38). The van der Waals surface area contributed by atoms with E-state index >= 15 is 0 Å². The van der Waals surface area contributed by atoms with Crippen molar-refractivity contribution in [3.8, 4) is 5.88 Å². The van der Waals surface area contributed by atoms with Gasteiger partial charge in [-0.1, -0.05) is 57.2 Å². The van der Waals surface area contributed by atoms with Gasteiger partial charge in [0.05, 0.1) is 30.4 Å². The number of aromatic nitrogens is 4. The molecule has 0 spiro atoms. The lowest BCUT2D eigenvalue weighted by molar-refractivity contribution is -0.118. The minimum atomic E-state index is -1.05. The van der Waals surface area contributed by atoms with Crippen molar-refractivity contribution in [2.75, 3.05) is 16.8 Å². The van der Waals surface area contributed by atoms with E-state index < -0.39 is 24.3 Å². The second kappa shape index (κ2) is 12.0. The average molecular weight is 561 g/mol. The second-order valence-electron chi connectivity index (χ2n) is 10.0. The van der Waals surface area contributed by atoms with Gasteiger partial charge in [0, 0.05) is 11.8 Å². The lowest BCUT2D eigenvalue weighted by Crippen LogP contribution is -2.30. The van der Waals surface area contributed by atoms with Crippen molar-refractivity contribution in [3.63, 3.8) is 0 Å². The lowest BCUT2D eigenvalue weighted by atomic mass is 9.97. The van der Waals surface area contributed by atoms with Gasteiger partial charge in [0.2, 0.25) is 11.9 Å². The number of imidazole rings is 1. The number of amides is 2. The Balaban J connectivity index is 1.57. The number of para-hydroxylation sites is 2. The number of hydrogen-bond donors (Lipinski definition) is 3. The van der Waals surface area contributed by atoms with Crippen LogP contribution in [0.3, 0.4) is 0 Å². The summed E-state index contributed by atoms with van der Waals surface area (Å²) >= 11 is 0. The smallest absolute Gasteiger partial charge is 0.396 e. The summed E-state index contributed by atoms with van der Waals surface area (Å²) in [6.07, 6.45) is -1.14. The molecular weight excluding hydrogens is 528 g/mol. The fourth-order valence-corrected chi connectivity index (χ4v) is 4.75. The highest BCUT2D eigenvalue weighted by atomic mass is 16.6. The van der Waals surface area contributed by atoms with Crippen molar-refractivity contribution in [3.05, 3.63) is 67.0 Å². The minimum absolute atomic E-state index is 0.107. The summed E-state index contributed by atoms with van der Waals surface area (Å²) in [5.41, 5.74) is 1.43. The normalized spacial score (nSPS) is 20.3. The Bertz CT molecular complexity index is 1470. The van der Waals surface area contributed by atoms with Crippen molar-refractivity contribution in [2.24, 2.45) is 11.8 Å². The molecule has 5 rings (SSSR count). The Morgan fingerprint density at radius 3 is 2.24 bits per heavy atom. The van der Waals surface area contributed by atoms with Crippen LogP contribution in [-0.4, -0.2) is 60.5 Å². The van der Waals surface area contributed by atoms with Crippen molar-refractivity contribution >= 4 is 40.5 Å². The molecule has 12 heteroatoms. The molecule has 0 radical (unpaired) electrons. The Morgan fingerprint density at radius 1 is 1.07 bits per heavy atom. The third-order valence-corrected chi connectivity index (χ3v) is 6.95. The zero-order chi connectivity index (χ0) is 29.1. The van der Waals surface area contributed by atoms with Gasteiger partial charge in [-0.15, -0.1) is 0 Å². The SMILES string of the molecule is CCC1OC(n2cnc3c(OC(=O)N(c4ccccc4)c4ccccc4)nc(NC(=O)C(C)C)nc32)C(O)C1CO. The number of aliphatic hydroxyl groups excluding tert-OH is 2. The fraction of sp³-hybridized carbons (Fsp3) is 0.345. The van der Waals surface area contributed by atoms with E-state index in [0.29, 0.717) is 17.8 Å². The molecule has 1 fully saturated rings. The number of carbonyl (C=O) groups is 2. The molecule has 4 aromatic rings. The first-order valence-electron chi connectivity index (χ1n) is 13.4. The molecule has 2 amide bonds. The molecule has 0 bridgehead atoms. The summed E-state index contributed by atoms with van der Waals surface area (Å²) in [6.45, 7) is 5.09. The second-order valence-corrected chi connectivity index (χ2v) is 10.0. The van der Waals surface area contributed by atoms with Crippen molar-refractivity contribution in [1.29, 1.82) is 0 Å². The molecule has 0 saturated carbocycles. The van der Waals surface area contributed by atoms with E-state index in [1.54, 1.807) is 62.4 Å². The van der Waals surface area contributed by atoms with E-state index in [1.165, 1.54) is 15.8 Å². The molecule has 1 saturated heterocycles. The molecular formula is C29H32N6O6. The van der Waals surface area contributed by atoms with E-state index in [2.05, 4.69) is 20.3 Å². The molecule has 0 aliphatic carbocycles. The predicted molar refractivity (Wildman–Crippen MR) is 151 cm³/mol. The minimum Gasteiger partial charge on any atom is -0.396 e. The van der Waals surface area contributed by atoms with Crippen LogP contribution in [0.25, 0.3) is 11.2 Å². The molecule has 4 unspecified atom stereocenters. The molecule has 41 heavy (non-hydrogen) atoms. The number of nitrogens with one attached hydrogen (secondary N) is 1. The van der Waals surface area contributed by atoms with Gasteiger partial charge >= 0.3 is 6.09 Å². The lowest BCUT2D eigenvalue weighted by Gasteiger charge is -2.22. The average Bonchev–Trinajstić information content (AvgIpc) is 3.54. The largest absolute Gasteiger partial charge is 0.425 e. The number of ether oxygens (including phenoxy) is 2. The molecule has 214 valence electrons. The number of rotatable bonds is 8. The predicted octanol–water partition coefficient (Wildman–Crippen LogP) is 4.03. The number of anilines is 3. The highest BCUT2D eigenvalue weighted by Crippen LogP contribution is 2.38. The van der Waals surface area contributed by atoms with Gasteiger partial charge in [0.25, 0.3) is 5.88 Å². The van der Waals surface area contributed by atoms with E-state index in [-0.39, 0.29) is 47.5 Å². The van der Waals surface area contributed by atoms with Crippen molar-refractivity contribution in [2.45, 2.75) is 45.6 Å². The maximum absolute atomic E-state index is 13.7. The first kappa shape index (κ1) is 28.1. The van der Waals surface area contributed by atoms with Crippen molar-refractivity contribution < 1.29 is 29.3 Å². The van der Waals surface area contributed by atoms with Crippen LogP contribution in [0, 0.1) is 11.8 Å². The quantitative estimate of drug-likeness (QED) is 0.290. The number of carbonyl (C=O) groups excluding carboxylic acids is 2. The summed E-state index contributed by atoms with van der Waals surface area (Å²) in [6, 6.07) is 18.0. The van der Waals surface area contributed by atoms with E-state index in [0.717, 1.165) is 0 Å². The van der Waals surface area contributed by atoms with Crippen LogP contribution in [0.15, 0.2) is 67.0 Å². The van der Waals surface area contributed by atoms with Gasteiger partial charge in [-0.05, 0) is 30.7 Å². The van der Waals surface area contributed by atoms with Gasteiger partial charge in [-0.3, -0.25) is 14.7 Å². The number of nitrogens with zero attached hydrogens (tertiary/aromatic N) is 5. The van der Waals surface area contributed by atoms with Crippen LogP contribution >= 0.6 is 0 Å². The molecule has 4 atom stereocenters. The highest BCUT2D eigenvalue weighted by Gasteiger charge is 2.44. The summed E-state index contributed by atoms with van der Waals surface area (Å²) in [5.74, 6) is -1.51. The number of fused-ring (bicyclic) bond motifs is 1. The Labute approximate surface area is 236 Å². The summed E-state index contributed by atoms with van der Waals surface area (Å²) in [4.78, 5) is 40.8. The number of aliphatic hydroxyl groups is 2. The van der Waals surface area contributed by atoms with Crippen LogP contribution in [0.4, 0.5) is 22.1 Å². The Hall–Kier alpha value is -4.39. The zero-order valence-corrected chi connectivity index (χ0v) is 22.9. The third kappa shape index (κ3) is 5.62.